The van der Waals surface area contributed by atoms with E-state index in [0.29, 0.717) is 17.1 Å². The average Bonchev–Trinajstić information content (AvgIpc) is 2.14. The lowest BCUT2D eigenvalue weighted by Crippen LogP contribution is -2.35. The molecule has 0 amide bonds. The Kier molecular flexibility index (Phi) is 4.19. The Hall–Kier alpha value is -1.47. The molecule has 0 saturated heterocycles. The fraction of sp³-hybridized carbons (Fsp3) is 0.400. The highest BCUT2D eigenvalue weighted by atomic mass is 32.2. The molecule has 96 valence electrons. The van der Waals surface area contributed by atoms with Crippen molar-refractivity contribution in [2.75, 3.05) is 17.6 Å². The number of rotatable bonds is 5. The minimum Gasteiger partial charge on any atom is -0.495 e. The number of hydrogen-bond donors (Lipinski definition) is 3. The Balaban J connectivity index is 2.98. The number of hydrogen-bond acceptors (Lipinski definition) is 4. The third kappa shape index (κ3) is 4.12. The maximum Gasteiger partial charge on any atom is 0.299 e. The van der Waals surface area contributed by atoms with Crippen LogP contribution in [0, 0.1) is 0 Å². The van der Waals surface area contributed by atoms with Gasteiger partial charge in [0, 0.05) is 11.7 Å². The average molecular weight is 259 g/mol. The van der Waals surface area contributed by atoms with E-state index in [-0.39, 0.29) is 6.04 Å². The number of nitrogens with two attached hydrogens (primary N) is 1. The van der Waals surface area contributed by atoms with Gasteiger partial charge in [-0.15, -0.1) is 0 Å². The van der Waals surface area contributed by atoms with Crippen LogP contribution in [0.1, 0.15) is 13.8 Å². The van der Waals surface area contributed by atoms with E-state index in [2.05, 4.69) is 9.44 Å². The van der Waals surface area contributed by atoms with Crippen LogP contribution >= 0.6 is 0 Å². The molecule has 1 aromatic carbocycles. The topological polar surface area (TPSA) is 93.4 Å². The molecule has 0 bridgehead atoms. The predicted molar refractivity (Wildman–Crippen MR) is 68.2 cm³/mol. The van der Waals surface area contributed by atoms with Crippen LogP contribution in [0.15, 0.2) is 18.2 Å². The zero-order chi connectivity index (χ0) is 13.1. The van der Waals surface area contributed by atoms with E-state index < -0.39 is 10.2 Å². The van der Waals surface area contributed by atoms with Crippen molar-refractivity contribution in [2.45, 2.75) is 19.9 Å². The van der Waals surface area contributed by atoms with Gasteiger partial charge in [-0.1, -0.05) is 0 Å². The van der Waals surface area contributed by atoms with E-state index in [1.165, 1.54) is 13.2 Å². The number of anilines is 2. The van der Waals surface area contributed by atoms with Crippen LogP contribution < -0.4 is 19.9 Å². The Labute approximate surface area is 101 Å². The van der Waals surface area contributed by atoms with Gasteiger partial charge in [0.2, 0.25) is 0 Å². The fourth-order valence-corrected chi connectivity index (χ4v) is 2.42. The van der Waals surface area contributed by atoms with Gasteiger partial charge in [0.1, 0.15) is 5.75 Å². The van der Waals surface area contributed by atoms with Crippen molar-refractivity contribution in [2.24, 2.45) is 0 Å². The summed E-state index contributed by atoms with van der Waals surface area (Å²) in [4.78, 5) is 0. The first-order valence-corrected chi connectivity index (χ1v) is 6.56. The van der Waals surface area contributed by atoms with E-state index in [0.717, 1.165) is 0 Å². The minimum absolute atomic E-state index is 0.195. The van der Waals surface area contributed by atoms with Crippen molar-refractivity contribution in [1.29, 1.82) is 0 Å². The van der Waals surface area contributed by atoms with Crippen molar-refractivity contribution in [1.82, 2.24) is 4.72 Å². The van der Waals surface area contributed by atoms with Gasteiger partial charge in [-0.05, 0) is 32.0 Å². The molecule has 1 rings (SSSR count). The molecule has 0 atom stereocenters. The summed E-state index contributed by atoms with van der Waals surface area (Å²) in [6, 6.07) is 4.53. The summed E-state index contributed by atoms with van der Waals surface area (Å²) in [6.45, 7) is 3.46. The van der Waals surface area contributed by atoms with Crippen LogP contribution in [0.25, 0.3) is 0 Å². The van der Waals surface area contributed by atoms with Gasteiger partial charge in [-0.2, -0.15) is 13.1 Å². The summed E-state index contributed by atoms with van der Waals surface area (Å²) in [5.74, 6) is 0.410. The van der Waals surface area contributed by atoms with Crippen LogP contribution in [0.4, 0.5) is 11.4 Å². The van der Waals surface area contributed by atoms with E-state index in [4.69, 9.17) is 10.5 Å². The summed E-state index contributed by atoms with van der Waals surface area (Å²) in [5.41, 5.74) is 6.35. The quantitative estimate of drug-likeness (QED) is 0.686. The molecule has 0 fully saturated rings. The monoisotopic (exact) mass is 259 g/mol. The summed E-state index contributed by atoms with van der Waals surface area (Å²) in [5, 5.41) is 0. The van der Waals surface area contributed by atoms with Crippen molar-refractivity contribution in [3.05, 3.63) is 18.2 Å². The van der Waals surface area contributed by atoms with Crippen molar-refractivity contribution >= 4 is 21.6 Å². The van der Waals surface area contributed by atoms with Crippen molar-refractivity contribution in [3.8, 4) is 5.75 Å². The number of methoxy groups -OCH3 is 1. The van der Waals surface area contributed by atoms with Gasteiger partial charge in [0.05, 0.1) is 12.8 Å². The van der Waals surface area contributed by atoms with Gasteiger partial charge in [0.15, 0.2) is 0 Å². The molecule has 4 N–H and O–H groups in total. The molecule has 0 aliphatic carbocycles. The zero-order valence-corrected chi connectivity index (χ0v) is 10.8. The van der Waals surface area contributed by atoms with Crippen LogP contribution in [-0.4, -0.2) is 21.6 Å². The van der Waals surface area contributed by atoms with Gasteiger partial charge >= 0.3 is 0 Å². The van der Waals surface area contributed by atoms with Gasteiger partial charge in [-0.25, -0.2) is 0 Å². The Morgan fingerprint density at radius 2 is 2.00 bits per heavy atom. The lowest BCUT2D eigenvalue weighted by Gasteiger charge is -2.14. The molecule has 0 aromatic heterocycles. The molecule has 6 nitrogen and oxygen atoms in total. The second-order valence-corrected chi connectivity index (χ2v) is 5.28. The molecule has 17 heavy (non-hydrogen) atoms. The number of benzene rings is 1. The SMILES string of the molecule is COc1ccc(N)cc1NS(=O)(=O)NC(C)C. The first-order valence-electron chi connectivity index (χ1n) is 5.07. The highest BCUT2D eigenvalue weighted by Crippen LogP contribution is 2.27. The molecule has 0 unspecified atom stereocenters. The first kappa shape index (κ1) is 13.6. The standard InChI is InChI=1S/C10H17N3O3S/c1-7(2)12-17(14,15)13-9-6-8(11)4-5-10(9)16-3/h4-7,12-13H,11H2,1-3H3. The van der Waals surface area contributed by atoms with Gasteiger partial charge < -0.3 is 10.5 Å². The largest absolute Gasteiger partial charge is 0.495 e. The van der Waals surface area contributed by atoms with E-state index in [1.807, 2.05) is 0 Å². The van der Waals surface area contributed by atoms with Crippen LogP contribution in [-0.2, 0) is 10.2 Å². The first-order chi connectivity index (χ1) is 7.84. The van der Waals surface area contributed by atoms with E-state index in [9.17, 15) is 8.42 Å². The number of ether oxygens (including phenoxy) is 1. The third-order valence-electron chi connectivity index (χ3n) is 1.86. The second kappa shape index (κ2) is 5.24. The summed E-state index contributed by atoms with van der Waals surface area (Å²) in [6.07, 6.45) is 0. The van der Waals surface area contributed by atoms with Crippen molar-refractivity contribution < 1.29 is 13.2 Å². The Bertz CT molecular complexity index is 486. The summed E-state index contributed by atoms with van der Waals surface area (Å²) < 4.78 is 33.2. The molecule has 0 heterocycles. The number of nitrogens with one attached hydrogen (secondary N) is 2. The molecule has 0 spiro atoms. The van der Waals surface area contributed by atoms with Gasteiger partial charge in [0.25, 0.3) is 10.2 Å². The molecular weight excluding hydrogens is 242 g/mol. The van der Waals surface area contributed by atoms with E-state index >= 15 is 0 Å². The fourth-order valence-electron chi connectivity index (χ4n) is 1.29. The lowest BCUT2D eigenvalue weighted by molar-refractivity contribution is 0.417. The molecular formula is C10H17N3O3S. The molecule has 0 radical (unpaired) electrons. The van der Waals surface area contributed by atoms with Crippen molar-refractivity contribution in [3.63, 3.8) is 0 Å². The Morgan fingerprint density at radius 1 is 1.35 bits per heavy atom. The molecule has 0 aliphatic heterocycles. The zero-order valence-electron chi connectivity index (χ0n) is 10.0. The molecule has 7 heteroatoms. The predicted octanol–water partition coefficient (Wildman–Crippen LogP) is 0.932. The van der Waals surface area contributed by atoms with Crippen LogP contribution in [0.3, 0.4) is 0 Å². The summed E-state index contributed by atoms with van der Waals surface area (Å²) >= 11 is 0. The third-order valence-corrected chi connectivity index (χ3v) is 3.13. The van der Waals surface area contributed by atoms with Crippen LogP contribution in [0.5, 0.6) is 5.75 Å². The normalized spacial score (nSPS) is 11.5. The lowest BCUT2D eigenvalue weighted by atomic mass is 10.2. The Morgan fingerprint density at radius 3 is 2.53 bits per heavy atom. The minimum atomic E-state index is -3.62. The van der Waals surface area contributed by atoms with E-state index in [1.54, 1.807) is 26.0 Å². The highest BCUT2D eigenvalue weighted by Gasteiger charge is 2.14. The maximum atomic E-state index is 11.7. The maximum absolute atomic E-state index is 11.7. The smallest absolute Gasteiger partial charge is 0.299 e. The molecule has 0 saturated carbocycles. The van der Waals surface area contributed by atoms with Crippen LogP contribution in [0.2, 0.25) is 0 Å². The second-order valence-electron chi connectivity index (χ2n) is 3.84. The molecule has 0 aliphatic rings. The highest BCUT2D eigenvalue weighted by molar-refractivity contribution is 7.90. The summed E-state index contributed by atoms with van der Waals surface area (Å²) in [7, 11) is -2.16. The molecule has 1 aromatic rings. The van der Waals surface area contributed by atoms with Gasteiger partial charge in [-0.3, -0.25) is 4.72 Å². The number of nitrogen functional groups attached to an aromatic ring is 1.